The maximum absolute atomic E-state index is 6.21. The van der Waals surface area contributed by atoms with Gasteiger partial charge in [-0.3, -0.25) is 0 Å². The van der Waals surface area contributed by atoms with Crippen LogP contribution >= 0.6 is 0 Å². The lowest BCUT2D eigenvalue weighted by atomic mass is 9.84. The minimum Gasteiger partial charge on any atom is -0.327 e. The first-order valence-electron chi connectivity index (χ1n) is 5.93. The van der Waals surface area contributed by atoms with Crippen LogP contribution < -0.4 is 5.73 Å². The van der Waals surface area contributed by atoms with Gasteiger partial charge in [0.2, 0.25) is 0 Å². The quantitative estimate of drug-likeness (QED) is 0.861. The van der Waals surface area contributed by atoms with E-state index in [1.807, 2.05) is 12.1 Å². The van der Waals surface area contributed by atoms with Crippen molar-refractivity contribution in [2.75, 3.05) is 0 Å². The van der Waals surface area contributed by atoms with Crippen LogP contribution in [-0.4, -0.2) is 16.2 Å². The van der Waals surface area contributed by atoms with E-state index >= 15 is 0 Å². The molecule has 0 bridgehead atoms. The van der Waals surface area contributed by atoms with E-state index in [1.165, 1.54) is 0 Å². The second-order valence-corrected chi connectivity index (χ2v) is 5.56. The Labute approximate surface area is 102 Å². The fourth-order valence-corrected chi connectivity index (χ4v) is 1.75. The summed E-state index contributed by atoms with van der Waals surface area (Å²) in [6, 6.07) is 8.25. The molecule has 0 aliphatic heterocycles. The lowest BCUT2D eigenvalue weighted by molar-refractivity contribution is 0.317. The van der Waals surface area contributed by atoms with Gasteiger partial charge in [0.15, 0.2) is 0 Å². The average Bonchev–Trinajstić information content (AvgIpc) is 2.28. The standard InChI is InChI=1S/C14H19N3/c1-14(2,3)13(15)8-12-11-7-5-4-6-10(11)9-16-17-12/h4-7,9,13H,8,15H2,1-3H3. The van der Waals surface area contributed by atoms with Crippen molar-refractivity contribution in [3.63, 3.8) is 0 Å². The average molecular weight is 229 g/mol. The fraction of sp³-hybridized carbons (Fsp3) is 0.429. The van der Waals surface area contributed by atoms with Crippen LogP contribution in [0.1, 0.15) is 26.5 Å². The summed E-state index contributed by atoms with van der Waals surface area (Å²) in [5.41, 5.74) is 7.28. The maximum Gasteiger partial charge on any atom is 0.0724 e. The Balaban J connectivity index is 2.36. The van der Waals surface area contributed by atoms with Crippen molar-refractivity contribution >= 4 is 10.8 Å². The van der Waals surface area contributed by atoms with Gasteiger partial charge in [0.05, 0.1) is 11.9 Å². The molecule has 1 heterocycles. The number of aromatic nitrogens is 2. The highest BCUT2D eigenvalue weighted by Gasteiger charge is 2.22. The second kappa shape index (κ2) is 4.41. The van der Waals surface area contributed by atoms with E-state index in [4.69, 9.17) is 5.73 Å². The first-order valence-corrected chi connectivity index (χ1v) is 5.93. The van der Waals surface area contributed by atoms with Crippen LogP contribution in [-0.2, 0) is 6.42 Å². The monoisotopic (exact) mass is 229 g/mol. The van der Waals surface area contributed by atoms with Crippen LogP contribution in [0, 0.1) is 5.41 Å². The van der Waals surface area contributed by atoms with Crippen molar-refractivity contribution in [3.8, 4) is 0 Å². The summed E-state index contributed by atoms with van der Waals surface area (Å²) in [5, 5.41) is 10.6. The van der Waals surface area contributed by atoms with Gasteiger partial charge in [-0.15, -0.1) is 0 Å². The number of fused-ring (bicyclic) bond motifs is 1. The molecule has 0 radical (unpaired) electrons. The van der Waals surface area contributed by atoms with Gasteiger partial charge in [-0.05, 0) is 5.41 Å². The molecule has 90 valence electrons. The minimum absolute atomic E-state index is 0.0820. The van der Waals surface area contributed by atoms with E-state index in [-0.39, 0.29) is 11.5 Å². The number of hydrogen-bond acceptors (Lipinski definition) is 3. The molecule has 0 saturated carbocycles. The molecule has 0 aliphatic carbocycles. The molecule has 3 nitrogen and oxygen atoms in total. The van der Waals surface area contributed by atoms with Crippen molar-refractivity contribution in [3.05, 3.63) is 36.2 Å². The van der Waals surface area contributed by atoms with Gasteiger partial charge in [-0.2, -0.15) is 10.2 Å². The lowest BCUT2D eigenvalue weighted by Gasteiger charge is -2.26. The summed E-state index contributed by atoms with van der Waals surface area (Å²) in [4.78, 5) is 0. The Kier molecular flexibility index (Phi) is 3.11. The molecule has 2 rings (SSSR count). The Morgan fingerprint density at radius 1 is 1.24 bits per heavy atom. The van der Waals surface area contributed by atoms with E-state index in [1.54, 1.807) is 6.20 Å². The van der Waals surface area contributed by atoms with Gasteiger partial charge in [0.25, 0.3) is 0 Å². The molecule has 1 aromatic heterocycles. The zero-order valence-electron chi connectivity index (χ0n) is 10.6. The Morgan fingerprint density at radius 2 is 1.94 bits per heavy atom. The Bertz CT molecular complexity index is 509. The molecule has 17 heavy (non-hydrogen) atoms. The molecule has 0 fully saturated rings. The van der Waals surface area contributed by atoms with Crippen molar-refractivity contribution in [2.24, 2.45) is 11.1 Å². The summed E-state index contributed by atoms with van der Waals surface area (Å²) in [6.45, 7) is 6.45. The van der Waals surface area contributed by atoms with Crippen LogP contribution in [0.5, 0.6) is 0 Å². The smallest absolute Gasteiger partial charge is 0.0724 e. The molecule has 2 aromatic rings. The number of rotatable bonds is 2. The van der Waals surface area contributed by atoms with E-state index in [0.29, 0.717) is 0 Å². The highest BCUT2D eigenvalue weighted by atomic mass is 15.1. The topological polar surface area (TPSA) is 51.8 Å². The van der Waals surface area contributed by atoms with Crippen LogP contribution in [0.2, 0.25) is 0 Å². The predicted octanol–water partition coefficient (Wildman–Crippen LogP) is 2.55. The third kappa shape index (κ3) is 2.61. The minimum atomic E-state index is 0.0820. The van der Waals surface area contributed by atoms with Gasteiger partial charge in [-0.25, -0.2) is 0 Å². The SMILES string of the molecule is CC(C)(C)C(N)Cc1nncc2ccccc12. The lowest BCUT2D eigenvalue weighted by Crippen LogP contribution is -2.37. The van der Waals surface area contributed by atoms with Gasteiger partial charge < -0.3 is 5.73 Å². The fourth-order valence-electron chi connectivity index (χ4n) is 1.75. The van der Waals surface area contributed by atoms with Crippen molar-refractivity contribution in [1.29, 1.82) is 0 Å². The zero-order valence-corrected chi connectivity index (χ0v) is 10.6. The summed E-state index contributed by atoms with van der Waals surface area (Å²) in [7, 11) is 0. The van der Waals surface area contributed by atoms with Gasteiger partial charge in [0.1, 0.15) is 0 Å². The van der Waals surface area contributed by atoms with Crippen LogP contribution in [0.4, 0.5) is 0 Å². The maximum atomic E-state index is 6.21. The second-order valence-electron chi connectivity index (χ2n) is 5.56. The van der Waals surface area contributed by atoms with E-state index < -0.39 is 0 Å². The molecule has 0 saturated heterocycles. The number of benzene rings is 1. The Hall–Kier alpha value is -1.48. The van der Waals surface area contributed by atoms with Crippen molar-refractivity contribution < 1.29 is 0 Å². The first kappa shape index (κ1) is 12.0. The van der Waals surface area contributed by atoms with Gasteiger partial charge in [0, 0.05) is 23.2 Å². The number of nitrogens with two attached hydrogens (primary N) is 1. The van der Waals surface area contributed by atoms with Crippen LogP contribution in [0.3, 0.4) is 0 Å². The van der Waals surface area contributed by atoms with Crippen LogP contribution in [0.25, 0.3) is 10.8 Å². The summed E-state index contributed by atoms with van der Waals surface area (Å²) in [6.07, 6.45) is 2.55. The molecule has 0 aliphatic rings. The zero-order chi connectivity index (χ0) is 12.5. The summed E-state index contributed by atoms with van der Waals surface area (Å²) >= 11 is 0. The van der Waals surface area contributed by atoms with Gasteiger partial charge in [-0.1, -0.05) is 45.0 Å². The molecular weight excluding hydrogens is 210 g/mol. The molecule has 1 aromatic carbocycles. The van der Waals surface area contributed by atoms with Gasteiger partial charge >= 0.3 is 0 Å². The normalized spacial score (nSPS) is 13.9. The van der Waals surface area contributed by atoms with E-state index in [2.05, 4.69) is 43.1 Å². The molecule has 1 unspecified atom stereocenters. The van der Waals surface area contributed by atoms with Crippen LogP contribution in [0.15, 0.2) is 30.5 Å². The van der Waals surface area contributed by atoms with Crippen molar-refractivity contribution in [2.45, 2.75) is 33.2 Å². The van der Waals surface area contributed by atoms with Crippen molar-refractivity contribution in [1.82, 2.24) is 10.2 Å². The third-order valence-corrected chi connectivity index (χ3v) is 3.17. The first-order chi connectivity index (χ1) is 7.98. The van der Waals surface area contributed by atoms with E-state index in [0.717, 1.165) is 22.9 Å². The number of nitrogens with zero attached hydrogens (tertiary/aromatic N) is 2. The third-order valence-electron chi connectivity index (χ3n) is 3.17. The summed E-state index contributed by atoms with van der Waals surface area (Å²) < 4.78 is 0. The Morgan fingerprint density at radius 3 is 2.65 bits per heavy atom. The molecular formula is C14H19N3. The van der Waals surface area contributed by atoms with E-state index in [9.17, 15) is 0 Å². The molecule has 2 N–H and O–H groups in total. The predicted molar refractivity (Wildman–Crippen MR) is 70.7 cm³/mol. The highest BCUT2D eigenvalue weighted by molar-refractivity contribution is 5.83. The number of hydrogen-bond donors (Lipinski definition) is 1. The highest BCUT2D eigenvalue weighted by Crippen LogP contribution is 2.23. The molecule has 0 spiro atoms. The molecule has 3 heteroatoms. The summed E-state index contributed by atoms with van der Waals surface area (Å²) in [5.74, 6) is 0. The molecule has 0 amide bonds. The molecule has 1 atom stereocenters. The largest absolute Gasteiger partial charge is 0.327 e.